The molecule has 4 N–H and O–H groups in total. The van der Waals surface area contributed by atoms with E-state index in [-0.39, 0.29) is 12.5 Å². The van der Waals surface area contributed by atoms with E-state index in [1.165, 1.54) is 12.8 Å². The molecule has 1 aliphatic rings. The van der Waals surface area contributed by atoms with Gasteiger partial charge in [0.15, 0.2) is 0 Å². The van der Waals surface area contributed by atoms with Crippen LogP contribution in [0.4, 0.5) is 0 Å². The Bertz CT molecular complexity index is 199. The van der Waals surface area contributed by atoms with E-state index >= 15 is 0 Å². The smallest absolute Gasteiger partial charge is 0.233 e. The summed E-state index contributed by atoms with van der Waals surface area (Å²) in [5, 5.41) is 9.18. The first kappa shape index (κ1) is 12.4. The number of carbonyl (C=O) groups is 1. The number of piperidine rings is 1. The maximum absolute atomic E-state index is 10.9. The van der Waals surface area contributed by atoms with E-state index in [0.29, 0.717) is 12.5 Å². The highest BCUT2D eigenvalue weighted by molar-refractivity contribution is 5.75. The van der Waals surface area contributed by atoms with Gasteiger partial charge < -0.3 is 5.11 Å². The van der Waals surface area contributed by atoms with Crippen molar-refractivity contribution in [3.63, 3.8) is 0 Å². The Balaban J connectivity index is 2.20. The van der Waals surface area contributed by atoms with E-state index < -0.39 is 0 Å². The molecule has 5 heteroatoms. The van der Waals surface area contributed by atoms with E-state index in [9.17, 15) is 9.90 Å². The molecule has 0 aromatic carbocycles. The fourth-order valence-corrected chi connectivity index (χ4v) is 2.08. The van der Waals surface area contributed by atoms with Crippen LogP contribution in [0.2, 0.25) is 0 Å². The standard InChI is InChI=1S/C10H21N3O2/c11-12-10(15)5-3-7-13-6-2-1-4-9(13)8-14/h9,14H,1-8,11H2,(H,12,15). The third kappa shape index (κ3) is 4.15. The molecule has 1 atom stereocenters. The molecule has 0 aromatic rings. The van der Waals surface area contributed by atoms with Gasteiger partial charge in [-0.1, -0.05) is 6.42 Å². The molecule has 88 valence electrons. The lowest BCUT2D eigenvalue weighted by atomic mass is 10.0. The molecule has 0 aromatic heterocycles. The first-order valence-corrected chi connectivity index (χ1v) is 5.62. The van der Waals surface area contributed by atoms with E-state index in [1.54, 1.807) is 0 Å². The largest absolute Gasteiger partial charge is 0.395 e. The second kappa shape index (κ2) is 6.76. The summed E-state index contributed by atoms with van der Waals surface area (Å²) < 4.78 is 0. The molecule has 1 unspecified atom stereocenters. The number of nitrogens with zero attached hydrogens (tertiary/aromatic N) is 1. The van der Waals surface area contributed by atoms with Crippen molar-refractivity contribution in [2.45, 2.75) is 38.1 Å². The molecule has 15 heavy (non-hydrogen) atoms. The zero-order chi connectivity index (χ0) is 11.1. The average molecular weight is 215 g/mol. The van der Waals surface area contributed by atoms with Crippen LogP contribution in [0.5, 0.6) is 0 Å². The molecule has 0 aliphatic carbocycles. The number of nitrogens with one attached hydrogen (secondary N) is 1. The van der Waals surface area contributed by atoms with Crippen LogP contribution >= 0.6 is 0 Å². The monoisotopic (exact) mass is 215 g/mol. The maximum Gasteiger partial charge on any atom is 0.233 e. The summed E-state index contributed by atoms with van der Waals surface area (Å²) in [7, 11) is 0. The van der Waals surface area contributed by atoms with Gasteiger partial charge in [0.05, 0.1) is 6.61 Å². The lowest BCUT2D eigenvalue weighted by Crippen LogP contribution is -2.42. The van der Waals surface area contributed by atoms with Gasteiger partial charge in [0.1, 0.15) is 0 Å². The summed E-state index contributed by atoms with van der Waals surface area (Å²) in [4.78, 5) is 13.2. The SMILES string of the molecule is NNC(=O)CCCN1CCCCC1CO. The molecule has 5 nitrogen and oxygen atoms in total. The molecule has 1 rings (SSSR count). The summed E-state index contributed by atoms with van der Waals surface area (Å²) in [6.07, 6.45) is 4.73. The first-order valence-electron chi connectivity index (χ1n) is 5.62. The highest BCUT2D eigenvalue weighted by Crippen LogP contribution is 2.16. The lowest BCUT2D eigenvalue weighted by Gasteiger charge is -2.34. The number of aliphatic hydroxyl groups is 1. The van der Waals surface area contributed by atoms with E-state index in [2.05, 4.69) is 10.3 Å². The molecular weight excluding hydrogens is 194 g/mol. The third-order valence-corrected chi connectivity index (χ3v) is 2.97. The second-order valence-electron chi connectivity index (χ2n) is 4.04. The number of rotatable bonds is 5. The van der Waals surface area contributed by atoms with Gasteiger partial charge in [-0.3, -0.25) is 15.1 Å². The quantitative estimate of drug-likeness (QED) is 0.331. The van der Waals surface area contributed by atoms with E-state index in [4.69, 9.17) is 5.84 Å². The van der Waals surface area contributed by atoms with Crippen molar-refractivity contribution in [2.24, 2.45) is 5.84 Å². The highest BCUT2D eigenvalue weighted by Gasteiger charge is 2.20. The van der Waals surface area contributed by atoms with Crippen LogP contribution in [0.15, 0.2) is 0 Å². The molecule has 1 heterocycles. The number of carbonyl (C=O) groups excluding carboxylic acids is 1. The van der Waals surface area contributed by atoms with Crippen molar-refractivity contribution < 1.29 is 9.90 Å². The van der Waals surface area contributed by atoms with Gasteiger partial charge >= 0.3 is 0 Å². The Morgan fingerprint density at radius 3 is 3.00 bits per heavy atom. The molecular formula is C10H21N3O2. The van der Waals surface area contributed by atoms with Crippen LogP contribution in [0.25, 0.3) is 0 Å². The van der Waals surface area contributed by atoms with Gasteiger partial charge in [0.2, 0.25) is 5.91 Å². The number of hydrogen-bond acceptors (Lipinski definition) is 4. The van der Waals surface area contributed by atoms with Crippen LogP contribution in [0, 0.1) is 0 Å². The second-order valence-corrected chi connectivity index (χ2v) is 4.04. The van der Waals surface area contributed by atoms with Gasteiger partial charge in [0.25, 0.3) is 0 Å². The Hall–Kier alpha value is -0.650. The minimum atomic E-state index is -0.118. The number of nitrogens with two attached hydrogens (primary N) is 1. The zero-order valence-corrected chi connectivity index (χ0v) is 9.11. The molecule has 1 amide bonds. The van der Waals surface area contributed by atoms with Crippen LogP contribution < -0.4 is 11.3 Å². The fourth-order valence-electron chi connectivity index (χ4n) is 2.08. The average Bonchev–Trinajstić information content (AvgIpc) is 2.29. The maximum atomic E-state index is 10.9. The summed E-state index contributed by atoms with van der Waals surface area (Å²) in [5.41, 5.74) is 2.12. The molecule has 1 fully saturated rings. The third-order valence-electron chi connectivity index (χ3n) is 2.97. The topological polar surface area (TPSA) is 78.6 Å². The summed E-state index contributed by atoms with van der Waals surface area (Å²) in [6.45, 7) is 2.14. The van der Waals surface area contributed by atoms with Crippen molar-refractivity contribution in [1.29, 1.82) is 0 Å². The van der Waals surface area contributed by atoms with Crippen molar-refractivity contribution in [3.05, 3.63) is 0 Å². The Kier molecular flexibility index (Phi) is 5.60. The Morgan fingerprint density at radius 1 is 1.53 bits per heavy atom. The predicted octanol–water partition coefficient (Wildman–Crippen LogP) is -0.397. The van der Waals surface area contributed by atoms with E-state index in [1.807, 2.05) is 0 Å². The van der Waals surface area contributed by atoms with Gasteiger partial charge in [-0.2, -0.15) is 0 Å². The van der Waals surface area contributed by atoms with Gasteiger partial charge in [-0.05, 0) is 32.4 Å². The highest BCUT2D eigenvalue weighted by atomic mass is 16.3. The minimum absolute atomic E-state index is 0.118. The number of amides is 1. The lowest BCUT2D eigenvalue weighted by molar-refractivity contribution is -0.121. The Morgan fingerprint density at radius 2 is 2.33 bits per heavy atom. The van der Waals surface area contributed by atoms with Crippen molar-refractivity contribution in [3.8, 4) is 0 Å². The Labute approximate surface area is 90.6 Å². The summed E-state index contributed by atoms with van der Waals surface area (Å²) >= 11 is 0. The molecule has 0 bridgehead atoms. The summed E-state index contributed by atoms with van der Waals surface area (Å²) in [6, 6.07) is 0.291. The molecule has 1 aliphatic heterocycles. The minimum Gasteiger partial charge on any atom is -0.395 e. The van der Waals surface area contributed by atoms with Crippen LogP contribution in [0.3, 0.4) is 0 Å². The summed E-state index contributed by atoms with van der Waals surface area (Å²) in [5.74, 6) is 4.87. The van der Waals surface area contributed by atoms with Gasteiger partial charge in [-0.15, -0.1) is 0 Å². The first-order chi connectivity index (χ1) is 7.27. The van der Waals surface area contributed by atoms with Crippen LogP contribution in [0.1, 0.15) is 32.1 Å². The fraction of sp³-hybridized carbons (Fsp3) is 0.900. The number of aliphatic hydroxyl groups excluding tert-OH is 1. The van der Waals surface area contributed by atoms with Gasteiger partial charge in [0, 0.05) is 12.5 Å². The number of hydrogen-bond donors (Lipinski definition) is 3. The van der Waals surface area contributed by atoms with Crippen LogP contribution in [-0.4, -0.2) is 41.7 Å². The molecule has 0 spiro atoms. The molecule has 0 saturated carbocycles. The number of likely N-dealkylation sites (tertiary alicyclic amines) is 1. The van der Waals surface area contributed by atoms with Crippen molar-refractivity contribution >= 4 is 5.91 Å². The normalized spacial score (nSPS) is 22.7. The van der Waals surface area contributed by atoms with Gasteiger partial charge in [-0.25, -0.2) is 5.84 Å². The zero-order valence-electron chi connectivity index (χ0n) is 9.11. The molecule has 0 radical (unpaired) electrons. The van der Waals surface area contributed by atoms with Crippen molar-refractivity contribution in [1.82, 2.24) is 10.3 Å². The van der Waals surface area contributed by atoms with Crippen LogP contribution in [-0.2, 0) is 4.79 Å². The van der Waals surface area contributed by atoms with E-state index in [0.717, 1.165) is 25.9 Å². The van der Waals surface area contributed by atoms with Crippen molar-refractivity contribution in [2.75, 3.05) is 19.7 Å². The molecule has 1 saturated heterocycles. The number of hydrazine groups is 1. The predicted molar refractivity (Wildman–Crippen MR) is 57.9 cm³/mol.